The number of rotatable bonds is 6. The molecular weight excluding hydrogens is 514 g/mol. The average molecular weight is 545 g/mol. The summed E-state index contributed by atoms with van der Waals surface area (Å²) in [4.78, 5) is 43.5. The highest BCUT2D eigenvalue weighted by molar-refractivity contribution is 6.05. The summed E-state index contributed by atoms with van der Waals surface area (Å²) in [7, 11) is 0. The lowest BCUT2D eigenvalue weighted by molar-refractivity contribution is -0.136. The van der Waals surface area contributed by atoms with Gasteiger partial charge in [-0.1, -0.05) is 36.4 Å². The number of halogens is 2. The van der Waals surface area contributed by atoms with Crippen molar-refractivity contribution in [1.29, 1.82) is 0 Å². The Morgan fingerprint density at radius 1 is 0.825 bits per heavy atom. The quantitative estimate of drug-likeness (QED) is 0.480. The van der Waals surface area contributed by atoms with E-state index in [1.807, 2.05) is 12.1 Å². The van der Waals surface area contributed by atoms with Crippen LogP contribution in [0.3, 0.4) is 0 Å². The van der Waals surface area contributed by atoms with Gasteiger partial charge in [-0.15, -0.1) is 0 Å². The van der Waals surface area contributed by atoms with Crippen LogP contribution in [0.1, 0.15) is 51.5 Å². The second-order valence-electron chi connectivity index (χ2n) is 10.7. The molecule has 3 aliphatic heterocycles. The number of carbonyl (C=O) groups excluding carboxylic acids is 3. The number of carbonyl (C=O) groups is 3. The molecule has 3 aromatic carbocycles. The first-order valence-corrected chi connectivity index (χ1v) is 13.6. The summed E-state index contributed by atoms with van der Waals surface area (Å²) in [5.41, 5.74) is 4.52. The summed E-state index contributed by atoms with van der Waals surface area (Å²) < 4.78 is 27.3. The smallest absolute Gasteiger partial charge is 0.255 e. The van der Waals surface area contributed by atoms with Gasteiger partial charge in [-0.2, -0.15) is 0 Å². The van der Waals surface area contributed by atoms with Crippen LogP contribution in [-0.4, -0.2) is 64.6 Å². The third kappa shape index (κ3) is 5.14. The van der Waals surface area contributed by atoms with Gasteiger partial charge in [0, 0.05) is 51.3 Å². The van der Waals surface area contributed by atoms with Crippen molar-refractivity contribution < 1.29 is 23.2 Å². The third-order valence-electron chi connectivity index (χ3n) is 8.22. The number of amides is 3. The Hall–Kier alpha value is -3.95. The van der Waals surface area contributed by atoms with Gasteiger partial charge in [-0.25, -0.2) is 8.78 Å². The molecule has 2 fully saturated rings. The fourth-order valence-electron chi connectivity index (χ4n) is 6.12. The highest BCUT2D eigenvalue weighted by atomic mass is 19.1. The molecule has 40 heavy (non-hydrogen) atoms. The van der Waals surface area contributed by atoms with Crippen molar-refractivity contribution in [2.75, 3.05) is 26.2 Å². The van der Waals surface area contributed by atoms with Gasteiger partial charge in [-0.3, -0.25) is 29.5 Å². The number of hydrogen-bond acceptors (Lipinski definition) is 5. The number of piperazine rings is 1. The molecule has 7 nitrogen and oxygen atoms in total. The molecule has 6 rings (SSSR count). The Morgan fingerprint density at radius 3 is 2.05 bits per heavy atom. The van der Waals surface area contributed by atoms with Crippen molar-refractivity contribution in [2.45, 2.75) is 38.0 Å². The minimum absolute atomic E-state index is 0.121. The number of fused-ring (bicyclic) bond motifs is 1. The van der Waals surface area contributed by atoms with Crippen LogP contribution in [0.5, 0.6) is 0 Å². The number of hydrogen-bond donors (Lipinski definition) is 1. The minimum atomic E-state index is -0.635. The molecule has 0 spiro atoms. The molecule has 2 saturated heterocycles. The Kier molecular flexibility index (Phi) is 7.16. The van der Waals surface area contributed by atoms with Crippen molar-refractivity contribution in [2.24, 2.45) is 0 Å². The molecule has 0 aromatic heterocycles. The van der Waals surface area contributed by atoms with E-state index in [2.05, 4.69) is 15.1 Å². The zero-order chi connectivity index (χ0) is 27.8. The van der Waals surface area contributed by atoms with Gasteiger partial charge in [-0.05, 0) is 59.0 Å². The van der Waals surface area contributed by atoms with E-state index in [9.17, 15) is 23.2 Å². The van der Waals surface area contributed by atoms with Gasteiger partial charge in [0.1, 0.15) is 17.7 Å². The van der Waals surface area contributed by atoms with E-state index in [-0.39, 0.29) is 35.9 Å². The van der Waals surface area contributed by atoms with Crippen LogP contribution in [0.2, 0.25) is 0 Å². The van der Waals surface area contributed by atoms with Gasteiger partial charge >= 0.3 is 0 Å². The lowest BCUT2D eigenvalue weighted by atomic mass is 9.96. The van der Waals surface area contributed by atoms with Crippen LogP contribution >= 0.6 is 0 Å². The predicted molar refractivity (Wildman–Crippen MR) is 144 cm³/mol. The van der Waals surface area contributed by atoms with Crippen LogP contribution in [0.25, 0.3) is 0 Å². The summed E-state index contributed by atoms with van der Waals surface area (Å²) in [5, 5.41) is 2.35. The molecule has 3 heterocycles. The minimum Gasteiger partial charge on any atom is -0.322 e. The van der Waals surface area contributed by atoms with Gasteiger partial charge in [0.15, 0.2) is 0 Å². The zero-order valence-electron chi connectivity index (χ0n) is 22.0. The normalized spacial score (nSPS) is 20.2. The van der Waals surface area contributed by atoms with Crippen molar-refractivity contribution in [3.63, 3.8) is 0 Å². The summed E-state index contributed by atoms with van der Waals surface area (Å²) in [5.74, 6) is -1.47. The van der Waals surface area contributed by atoms with Gasteiger partial charge in [0.05, 0.1) is 6.04 Å². The molecule has 0 saturated carbocycles. The lowest BCUT2D eigenvalue weighted by Gasteiger charge is -2.40. The molecular formula is C31H30F2N4O3. The topological polar surface area (TPSA) is 73.0 Å². The molecule has 1 unspecified atom stereocenters. The standard InChI is InChI=1S/C31H30F2N4O3/c32-23-8-4-20(5-9-23)29(21-6-10-24(33)11-7-21)36-16-14-35(15-17-36)18-22-2-1-3-25-26(22)19-37(31(25)40)27-12-13-28(38)34-30(27)39/h1-11,27,29H,12-19H2,(H,34,38,39). The third-order valence-corrected chi connectivity index (χ3v) is 8.22. The fraction of sp³-hybridized carbons (Fsp3) is 0.323. The van der Waals surface area contributed by atoms with Gasteiger partial charge in [0.25, 0.3) is 5.91 Å². The van der Waals surface area contributed by atoms with E-state index < -0.39 is 11.9 Å². The Bertz CT molecular complexity index is 1390. The van der Waals surface area contributed by atoms with Crippen molar-refractivity contribution in [3.05, 3.63) is 106 Å². The predicted octanol–water partition coefficient (Wildman–Crippen LogP) is 3.63. The monoisotopic (exact) mass is 544 g/mol. The van der Waals surface area contributed by atoms with Crippen LogP contribution in [0, 0.1) is 11.6 Å². The number of nitrogens with zero attached hydrogens (tertiary/aromatic N) is 3. The second-order valence-corrected chi connectivity index (χ2v) is 10.7. The molecule has 1 N–H and O–H groups in total. The van der Waals surface area contributed by atoms with Crippen molar-refractivity contribution in [3.8, 4) is 0 Å². The number of benzene rings is 3. The van der Waals surface area contributed by atoms with E-state index in [1.165, 1.54) is 24.3 Å². The summed E-state index contributed by atoms with van der Waals surface area (Å²) in [6, 6.07) is 17.9. The summed E-state index contributed by atoms with van der Waals surface area (Å²) in [6.07, 6.45) is 0.565. The summed E-state index contributed by atoms with van der Waals surface area (Å²) >= 11 is 0. The number of imide groups is 1. The van der Waals surface area contributed by atoms with E-state index in [0.29, 0.717) is 25.1 Å². The Morgan fingerprint density at radius 2 is 1.45 bits per heavy atom. The number of piperidine rings is 1. The van der Waals surface area contributed by atoms with Gasteiger partial charge in [0.2, 0.25) is 11.8 Å². The van der Waals surface area contributed by atoms with E-state index in [1.54, 1.807) is 35.2 Å². The van der Waals surface area contributed by atoms with Crippen LogP contribution < -0.4 is 5.32 Å². The van der Waals surface area contributed by atoms with E-state index >= 15 is 0 Å². The van der Waals surface area contributed by atoms with Crippen LogP contribution in [-0.2, 0) is 22.7 Å². The fourth-order valence-corrected chi connectivity index (χ4v) is 6.12. The molecule has 0 aliphatic carbocycles. The molecule has 206 valence electrons. The first-order chi connectivity index (χ1) is 19.4. The first kappa shape index (κ1) is 26.3. The molecule has 0 radical (unpaired) electrons. The van der Waals surface area contributed by atoms with Crippen molar-refractivity contribution in [1.82, 2.24) is 20.0 Å². The Balaban J connectivity index is 1.16. The average Bonchev–Trinajstić information content (AvgIpc) is 3.29. The highest BCUT2D eigenvalue weighted by Crippen LogP contribution is 2.32. The molecule has 3 amide bonds. The SMILES string of the molecule is O=C1CCC(N2Cc3c(CN4CCN(C(c5ccc(F)cc5)c5ccc(F)cc5)CC4)cccc3C2=O)C(=O)N1. The zero-order valence-corrected chi connectivity index (χ0v) is 22.0. The van der Waals surface area contributed by atoms with E-state index in [4.69, 9.17) is 0 Å². The summed E-state index contributed by atoms with van der Waals surface area (Å²) in [6.45, 7) is 4.12. The van der Waals surface area contributed by atoms with Crippen LogP contribution in [0.15, 0.2) is 66.7 Å². The Labute approximate surface area is 231 Å². The lowest BCUT2D eigenvalue weighted by Crippen LogP contribution is -2.52. The molecule has 3 aromatic rings. The number of nitrogens with one attached hydrogen (secondary N) is 1. The molecule has 3 aliphatic rings. The van der Waals surface area contributed by atoms with E-state index in [0.717, 1.165) is 48.4 Å². The maximum absolute atomic E-state index is 13.7. The van der Waals surface area contributed by atoms with Crippen LogP contribution in [0.4, 0.5) is 8.78 Å². The molecule has 9 heteroatoms. The molecule has 0 bridgehead atoms. The largest absolute Gasteiger partial charge is 0.322 e. The maximum Gasteiger partial charge on any atom is 0.255 e. The maximum atomic E-state index is 13.7. The molecule has 1 atom stereocenters. The first-order valence-electron chi connectivity index (χ1n) is 13.6. The van der Waals surface area contributed by atoms with Crippen molar-refractivity contribution >= 4 is 17.7 Å². The second kappa shape index (κ2) is 10.9. The van der Waals surface area contributed by atoms with Gasteiger partial charge < -0.3 is 4.90 Å². The highest BCUT2D eigenvalue weighted by Gasteiger charge is 2.40.